The average molecular weight is 348 g/mol. The molecule has 0 fully saturated rings. The van der Waals surface area contributed by atoms with Crippen LogP contribution in [0, 0.1) is 0 Å². The molecule has 0 spiro atoms. The number of aromatic nitrogens is 2. The number of nitrogen functional groups attached to an aromatic ring is 1. The average Bonchev–Trinajstić information content (AvgIpc) is 2.64. The summed E-state index contributed by atoms with van der Waals surface area (Å²) >= 11 is 3.07. The van der Waals surface area contributed by atoms with Crippen molar-refractivity contribution in [2.45, 2.75) is 19.5 Å². The van der Waals surface area contributed by atoms with E-state index in [2.05, 4.69) is 21.0 Å². The van der Waals surface area contributed by atoms with Crippen LogP contribution < -0.4 is 5.73 Å². The molecule has 3 nitrogen and oxygen atoms in total. The molecule has 0 saturated carbocycles. The second kappa shape index (κ2) is 5.12. The van der Waals surface area contributed by atoms with Crippen LogP contribution in [0.4, 0.5) is 19.0 Å². The summed E-state index contributed by atoms with van der Waals surface area (Å²) in [5.41, 5.74) is 6.08. The first-order valence-electron chi connectivity index (χ1n) is 5.94. The van der Waals surface area contributed by atoms with E-state index in [1.807, 2.05) is 6.92 Å². The molecule has 20 heavy (non-hydrogen) atoms. The molecule has 0 aliphatic carbocycles. The zero-order chi connectivity index (χ0) is 15.1. The molecule has 0 amide bonds. The largest absolute Gasteiger partial charge is 0.417 e. The van der Waals surface area contributed by atoms with Crippen molar-refractivity contribution in [3.05, 3.63) is 33.8 Å². The van der Waals surface area contributed by atoms with Gasteiger partial charge in [0, 0.05) is 22.6 Å². The number of nitrogens with zero attached hydrogens (tertiary/aromatic N) is 2. The van der Waals surface area contributed by atoms with Gasteiger partial charge in [0.2, 0.25) is 0 Å². The number of alkyl halides is 3. The van der Waals surface area contributed by atoms with Gasteiger partial charge in [0.25, 0.3) is 0 Å². The van der Waals surface area contributed by atoms with E-state index < -0.39 is 11.7 Å². The molecule has 108 valence electrons. The van der Waals surface area contributed by atoms with Crippen LogP contribution in [0.5, 0.6) is 0 Å². The third kappa shape index (κ3) is 2.54. The fourth-order valence-corrected chi connectivity index (χ4v) is 2.46. The maximum Gasteiger partial charge on any atom is 0.417 e. The Bertz CT molecular complexity index is 647. The first kappa shape index (κ1) is 14.9. The van der Waals surface area contributed by atoms with Crippen molar-refractivity contribution in [1.82, 2.24) is 9.78 Å². The van der Waals surface area contributed by atoms with E-state index in [1.54, 1.807) is 13.1 Å². The molecule has 1 aromatic carbocycles. The molecule has 1 heterocycles. The highest BCUT2D eigenvalue weighted by Crippen LogP contribution is 2.40. The maximum atomic E-state index is 13.2. The van der Waals surface area contributed by atoms with Crippen molar-refractivity contribution in [2.24, 2.45) is 7.05 Å². The molecule has 0 saturated heterocycles. The Balaban J connectivity index is 2.73. The predicted molar refractivity (Wildman–Crippen MR) is 75.1 cm³/mol. The van der Waals surface area contributed by atoms with Crippen LogP contribution in [0.25, 0.3) is 11.3 Å². The molecule has 0 atom stereocenters. The molecule has 0 aliphatic rings. The quantitative estimate of drug-likeness (QED) is 0.891. The van der Waals surface area contributed by atoms with E-state index in [0.717, 1.165) is 6.07 Å². The summed E-state index contributed by atoms with van der Waals surface area (Å²) in [6.07, 6.45) is -3.93. The number of hydrogen-bond donors (Lipinski definition) is 1. The van der Waals surface area contributed by atoms with Gasteiger partial charge < -0.3 is 5.73 Å². The molecular formula is C13H13BrF3N3. The number of aryl methyl sites for hydroxylation is 1. The second-order valence-corrected chi connectivity index (χ2v) is 5.29. The van der Waals surface area contributed by atoms with Crippen LogP contribution in [0.3, 0.4) is 0 Å². The molecule has 0 radical (unpaired) electrons. The summed E-state index contributed by atoms with van der Waals surface area (Å²) in [7, 11) is 1.62. The Morgan fingerprint density at radius 1 is 1.35 bits per heavy atom. The maximum absolute atomic E-state index is 13.2. The summed E-state index contributed by atoms with van der Waals surface area (Å²) in [5.74, 6) is 0.388. The van der Waals surface area contributed by atoms with Gasteiger partial charge in [0.1, 0.15) is 5.82 Å². The van der Waals surface area contributed by atoms with Gasteiger partial charge in [-0.2, -0.15) is 18.3 Å². The Morgan fingerprint density at radius 2 is 2.00 bits per heavy atom. The predicted octanol–water partition coefficient (Wildman–Crippen LogP) is 4.01. The molecule has 2 N–H and O–H groups in total. The van der Waals surface area contributed by atoms with Gasteiger partial charge in [0.05, 0.1) is 11.3 Å². The number of nitrogens with two attached hydrogens (primary N) is 1. The van der Waals surface area contributed by atoms with Gasteiger partial charge in [-0.15, -0.1) is 0 Å². The van der Waals surface area contributed by atoms with Crippen molar-refractivity contribution < 1.29 is 13.2 Å². The molecule has 0 bridgehead atoms. The zero-order valence-corrected chi connectivity index (χ0v) is 12.5. The lowest BCUT2D eigenvalue weighted by Gasteiger charge is -2.12. The van der Waals surface area contributed by atoms with Crippen molar-refractivity contribution in [1.29, 1.82) is 0 Å². The molecule has 1 aromatic heterocycles. The monoisotopic (exact) mass is 347 g/mol. The van der Waals surface area contributed by atoms with Crippen LogP contribution >= 0.6 is 15.9 Å². The van der Waals surface area contributed by atoms with Crippen molar-refractivity contribution in [2.75, 3.05) is 5.73 Å². The van der Waals surface area contributed by atoms with Gasteiger partial charge in [-0.1, -0.05) is 28.9 Å². The topological polar surface area (TPSA) is 43.8 Å². The van der Waals surface area contributed by atoms with Crippen molar-refractivity contribution in [3.63, 3.8) is 0 Å². The number of halogens is 4. The van der Waals surface area contributed by atoms with E-state index >= 15 is 0 Å². The van der Waals surface area contributed by atoms with Gasteiger partial charge in [-0.25, -0.2) is 0 Å². The highest BCUT2D eigenvalue weighted by molar-refractivity contribution is 9.10. The summed E-state index contributed by atoms with van der Waals surface area (Å²) in [6, 6.07) is 4.03. The fraction of sp³-hybridized carbons (Fsp3) is 0.308. The summed E-state index contributed by atoms with van der Waals surface area (Å²) in [5, 5.41) is 4.13. The Hall–Kier alpha value is -1.50. The minimum absolute atomic E-state index is 0.0462. The van der Waals surface area contributed by atoms with E-state index in [4.69, 9.17) is 5.73 Å². The molecule has 2 aromatic rings. The second-order valence-electron chi connectivity index (χ2n) is 4.38. The minimum Gasteiger partial charge on any atom is -0.384 e. The van der Waals surface area contributed by atoms with Crippen LogP contribution in [0.15, 0.2) is 22.7 Å². The van der Waals surface area contributed by atoms with Crippen LogP contribution in [-0.2, 0) is 19.6 Å². The number of anilines is 1. The standard InChI is InChI=1S/C13H13BrF3N3/c1-3-8-11(19-20(2)12(8)18)9-5-4-7(14)6-10(9)13(15,16)17/h4-6H,3,18H2,1-2H3. The molecule has 7 heteroatoms. The summed E-state index contributed by atoms with van der Waals surface area (Å²) in [4.78, 5) is 0. The van der Waals surface area contributed by atoms with Crippen molar-refractivity contribution in [3.8, 4) is 11.3 Å². The lowest BCUT2D eigenvalue weighted by Crippen LogP contribution is -2.08. The highest BCUT2D eigenvalue weighted by atomic mass is 79.9. The number of hydrogen-bond acceptors (Lipinski definition) is 2. The van der Waals surface area contributed by atoms with Crippen LogP contribution in [-0.4, -0.2) is 9.78 Å². The van der Waals surface area contributed by atoms with Crippen molar-refractivity contribution >= 4 is 21.7 Å². The van der Waals surface area contributed by atoms with Crippen LogP contribution in [0.2, 0.25) is 0 Å². The number of rotatable bonds is 2. The Morgan fingerprint density at radius 3 is 2.55 bits per heavy atom. The fourth-order valence-electron chi connectivity index (χ4n) is 2.10. The van der Waals surface area contributed by atoms with E-state index in [9.17, 15) is 13.2 Å². The third-order valence-corrected chi connectivity index (χ3v) is 3.58. The van der Waals surface area contributed by atoms with E-state index in [0.29, 0.717) is 22.3 Å². The summed E-state index contributed by atoms with van der Waals surface area (Å²) in [6.45, 7) is 1.84. The van der Waals surface area contributed by atoms with Gasteiger partial charge in [-0.3, -0.25) is 4.68 Å². The Labute approximate surface area is 122 Å². The molecule has 0 unspecified atom stereocenters. The van der Waals surface area contributed by atoms with Gasteiger partial charge >= 0.3 is 6.18 Å². The lowest BCUT2D eigenvalue weighted by molar-refractivity contribution is -0.137. The summed E-state index contributed by atoms with van der Waals surface area (Å²) < 4.78 is 41.3. The zero-order valence-electron chi connectivity index (χ0n) is 10.9. The van der Waals surface area contributed by atoms with Gasteiger partial charge in [-0.05, 0) is 18.6 Å². The SMILES string of the molecule is CCc1c(-c2ccc(Br)cc2C(F)(F)F)nn(C)c1N. The highest BCUT2D eigenvalue weighted by Gasteiger charge is 2.35. The first-order valence-corrected chi connectivity index (χ1v) is 6.73. The number of benzene rings is 1. The molecular weight excluding hydrogens is 335 g/mol. The smallest absolute Gasteiger partial charge is 0.384 e. The molecule has 2 rings (SSSR count). The first-order chi connectivity index (χ1) is 9.25. The van der Waals surface area contributed by atoms with Gasteiger partial charge in [0.15, 0.2) is 0 Å². The lowest BCUT2D eigenvalue weighted by atomic mass is 10.00. The minimum atomic E-state index is -4.45. The van der Waals surface area contributed by atoms with E-state index in [-0.39, 0.29) is 11.3 Å². The normalized spacial score (nSPS) is 11.9. The van der Waals surface area contributed by atoms with E-state index in [1.165, 1.54) is 10.7 Å². The van der Waals surface area contributed by atoms with Crippen LogP contribution in [0.1, 0.15) is 18.1 Å². The molecule has 0 aliphatic heterocycles. The Kier molecular flexibility index (Phi) is 3.82. The third-order valence-electron chi connectivity index (χ3n) is 3.09.